The van der Waals surface area contributed by atoms with Crippen molar-refractivity contribution in [2.75, 3.05) is 26.7 Å². The second kappa shape index (κ2) is 7.84. The molecule has 0 bridgehead atoms. The van der Waals surface area contributed by atoms with Gasteiger partial charge in [0.2, 0.25) is 0 Å². The molecule has 2 aliphatic heterocycles. The minimum absolute atomic E-state index is 0.102. The van der Waals surface area contributed by atoms with Crippen molar-refractivity contribution in [3.63, 3.8) is 0 Å². The molecule has 8 nitrogen and oxygen atoms in total. The van der Waals surface area contributed by atoms with Gasteiger partial charge in [0.05, 0.1) is 13.0 Å². The Morgan fingerprint density at radius 3 is 2.96 bits per heavy atom. The molecular formula is C17H28N6O2. The maximum absolute atomic E-state index is 11.9. The van der Waals surface area contributed by atoms with E-state index in [1.807, 2.05) is 6.92 Å². The summed E-state index contributed by atoms with van der Waals surface area (Å²) in [5, 5.41) is 11.9. The molecule has 1 N–H and O–H groups in total. The zero-order chi connectivity index (χ0) is 17.8. The predicted molar refractivity (Wildman–Crippen MR) is 94.0 cm³/mol. The standard InChI is InChI=1S/C17H28N6O2/c1-4-18-17(22-10-12(2)13(11-22)16(24)25-3)19-9-15-21-20-14-7-5-6-8-23(14)15/h12-13H,4-11H2,1-3H3,(H,18,19). The maximum Gasteiger partial charge on any atom is 0.310 e. The van der Waals surface area contributed by atoms with Gasteiger partial charge in [-0.15, -0.1) is 10.2 Å². The molecule has 1 aromatic heterocycles. The van der Waals surface area contributed by atoms with Gasteiger partial charge in [0, 0.05) is 32.6 Å². The predicted octanol–water partition coefficient (Wildman–Crippen LogP) is 0.821. The lowest BCUT2D eigenvalue weighted by Crippen LogP contribution is -2.40. The Balaban J connectivity index is 1.72. The second-order valence-corrected chi connectivity index (χ2v) is 6.82. The van der Waals surface area contributed by atoms with Crippen LogP contribution in [0.4, 0.5) is 0 Å². The van der Waals surface area contributed by atoms with E-state index in [0.717, 1.165) is 43.7 Å². The third kappa shape index (κ3) is 3.77. The third-order valence-electron chi connectivity index (χ3n) is 5.06. The first kappa shape index (κ1) is 17.7. The first-order chi connectivity index (χ1) is 12.1. The van der Waals surface area contributed by atoms with Gasteiger partial charge in [-0.05, 0) is 25.7 Å². The third-order valence-corrected chi connectivity index (χ3v) is 5.06. The molecule has 1 fully saturated rings. The van der Waals surface area contributed by atoms with Crippen LogP contribution in [0.25, 0.3) is 0 Å². The molecule has 138 valence electrons. The summed E-state index contributed by atoms with van der Waals surface area (Å²) in [6, 6.07) is 0. The molecule has 0 spiro atoms. The van der Waals surface area contributed by atoms with Gasteiger partial charge in [-0.25, -0.2) is 4.99 Å². The quantitative estimate of drug-likeness (QED) is 0.493. The number of rotatable bonds is 4. The summed E-state index contributed by atoms with van der Waals surface area (Å²) in [5.74, 6) is 2.82. The number of carbonyl (C=O) groups is 1. The first-order valence-corrected chi connectivity index (χ1v) is 9.16. The Labute approximate surface area is 148 Å². The molecule has 3 heterocycles. The summed E-state index contributed by atoms with van der Waals surface area (Å²) in [5.41, 5.74) is 0. The van der Waals surface area contributed by atoms with Crippen LogP contribution in [0, 0.1) is 11.8 Å². The molecule has 1 saturated heterocycles. The number of ether oxygens (including phenoxy) is 1. The molecular weight excluding hydrogens is 320 g/mol. The fraction of sp³-hybridized carbons (Fsp3) is 0.765. The minimum Gasteiger partial charge on any atom is -0.469 e. The van der Waals surface area contributed by atoms with Crippen molar-refractivity contribution >= 4 is 11.9 Å². The van der Waals surface area contributed by atoms with Crippen molar-refractivity contribution in [1.29, 1.82) is 0 Å². The van der Waals surface area contributed by atoms with E-state index in [4.69, 9.17) is 9.73 Å². The summed E-state index contributed by atoms with van der Waals surface area (Å²) in [7, 11) is 1.45. The molecule has 8 heteroatoms. The average Bonchev–Trinajstić information content (AvgIpc) is 3.21. The lowest BCUT2D eigenvalue weighted by molar-refractivity contribution is -0.145. The Kier molecular flexibility index (Phi) is 5.55. The first-order valence-electron chi connectivity index (χ1n) is 9.16. The van der Waals surface area contributed by atoms with Crippen LogP contribution in [-0.4, -0.2) is 58.3 Å². The summed E-state index contributed by atoms with van der Waals surface area (Å²) in [6.07, 6.45) is 3.36. The highest BCUT2D eigenvalue weighted by Crippen LogP contribution is 2.24. The molecule has 2 aliphatic rings. The van der Waals surface area contributed by atoms with Crippen LogP contribution in [0.15, 0.2) is 4.99 Å². The number of aliphatic imine (C=N–C) groups is 1. The molecule has 25 heavy (non-hydrogen) atoms. The molecule has 0 saturated carbocycles. The van der Waals surface area contributed by atoms with Crippen LogP contribution < -0.4 is 5.32 Å². The van der Waals surface area contributed by atoms with Crippen molar-refractivity contribution in [1.82, 2.24) is 25.0 Å². The van der Waals surface area contributed by atoms with Crippen LogP contribution in [0.1, 0.15) is 38.3 Å². The van der Waals surface area contributed by atoms with Gasteiger partial charge in [0.25, 0.3) is 0 Å². The highest BCUT2D eigenvalue weighted by molar-refractivity contribution is 5.82. The number of likely N-dealkylation sites (tertiary alicyclic amines) is 1. The van der Waals surface area contributed by atoms with Gasteiger partial charge in [0.1, 0.15) is 12.4 Å². The van der Waals surface area contributed by atoms with E-state index in [0.29, 0.717) is 13.1 Å². The van der Waals surface area contributed by atoms with Crippen LogP contribution in [0.3, 0.4) is 0 Å². The van der Waals surface area contributed by atoms with Gasteiger partial charge in [-0.2, -0.15) is 0 Å². The molecule has 0 aromatic carbocycles. The Hall–Kier alpha value is -2.12. The van der Waals surface area contributed by atoms with Crippen molar-refractivity contribution in [3.05, 3.63) is 11.6 Å². The number of aryl methyl sites for hydroxylation is 1. The van der Waals surface area contributed by atoms with Crippen LogP contribution in [0.5, 0.6) is 0 Å². The molecule has 0 radical (unpaired) electrons. The number of nitrogens with zero attached hydrogens (tertiary/aromatic N) is 5. The van der Waals surface area contributed by atoms with Crippen LogP contribution in [0.2, 0.25) is 0 Å². The Bertz CT molecular complexity index is 641. The number of guanidine groups is 1. The van der Waals surface area contributed by atoms with Gasteiger partial charge < -0.3 is 19.5 Å². The normalized spacial score (nSPS) is 23.5. The lowest BCUT2D eigenvalue weighted by atomic mass is 9.99. The molecule has 2 atom stereocenters. The van der Waals surface area contributed by atoms with E-state index in [1.165, 1.54) is 20.0 Å². The lowest BCUT2D eigenvalue weighted by Gasteiger charge is -2.21. The smallest absolute Gasteiger partial charge is 0.310 e. The molecule has 3 rings (SSSR count). The van der Waals surface area contributed by atoms with Crippen LogP contribution >= 0.6 is 0 Å². The highest BCUT2D eigenvalue weighted by Gasteiger charge is 2.36. The fourth-order valence-corrected chi connectivity index (χ4v) is 3.65. The maximum atomic E-state index is 11.9. The van der Waals surface area contributed by atoms with Crippen LogP contribution in [-0.2, 0) is 29.0 Å². The monoisotopic (exact) mass is 348 g/mol. The molecule has 0 aliphatic carbocycles. The summed E-state index contributed by atoms with van der Waals surface area (Å²) in [4.78, 5) is 18.8. The largest absolute Gasteiger partial charge is 0.469 e. The van der Waals surface area contributed by atoms with Gasteiger partial charge in [-0.3, -0.25) is 4.79 Å². The van der Waals surface area contributed by atoms with E-state index in [1.54, 1.807) is 0 Å². The zero-order valence-electron chi connectivity index (χ0n) is 15.4. The molecule has 1 aromatic rings. The topological polar surface area (TPSA) is 84.6 Å². The van der Waals surface area contributed by atoms with Gasteiger partial charge in [-0.1, -0.05) is 6.92 Å². The van der Waals surface area contributed by atoms with Crippen molar-refractivity contribution in [3.8, 4) is 0 Å². The molecule has 0 amide bonds. The number of carbonyl (C=O) groups excluding carboxylic acids is 1. The van der Waals surface area contributed by atoms with E-state index in [2.05, 4.69) is 31.9 Å². The van der Waals surface area contributed by atoms with Crippen molar-refractivity contribution in [2.45, 2.75) is 46.2 Å². The van der Waals surface area contributed by atoms with E-state index >= 15 is 0 Å². The number of nitrogens with one attached hydrogen (secondary N) is 1. The fourth-order valence-electron chi connectivity index (χ4n) is 3.65. The minimum atomic E-state index is -0.141. The van der Waals surface area contributed by atoms with E-state index in [9.17, 15) is 4.79 Å². The summed E-state index contributed by atoms with van der Waals surface area (Å²) in [6.45, 7) is 7.83. The van der Waals surface area contributed by atoms with Gasteiger partial charge in [0.15, 0.2) is 11.8 Å². The number of fused-ring (bicyclic) bond motifs is 1. The Morgan fingerprint density at radius 1 is 1.36 bits per heavy atom. The number of esters is 1. The van der Waals surface area contributed by atoms with Crippen molar-refractivity contribution in [2.24, 2.45) is 16.8 Å². The zero-order valence-corrected chi connectivity index (χ0v) is 15.4. The summed E-state index contributed by atoms with van der Waals surface area (Å²) >= 11 is 0. The number of aromatic nitrogens is 3. The van der Waals surface area contributed by atoms with Gasteiger partial charge >= 0.3 is 5.97 Å². The summed E-state index contributed by atoms with van der Waals surface area (Å²) < 4.78 is 7.12. The van der Waals surface area contributed by atoms with E-state index in [-0.39, 0.29) is 17.8 Å². The SMILES string of the molecule is CCNC(=NCc1nnc2n1CCCC2)N1CC(C)C(C(=O)OC)C1. The number of hydrogen-bond acceptors (Lipinski definition) is 5. The Morgan fingerprint density at radius 2 is 2.20 bits per heavy atom. The molecule has 2 unspecified atom stereocenters. The highest BCUT2D eigenvalue weighted by atomic mass is 16.5. The van der Waals surface area contributed by atoms with Crippen molar-refractivity contribution < 1.29 is 9.53 Å². The number of methoxy groups -OCH3 is 1. The average molecular weight is 348 g/mol. The van der Waals surface area contributed by atoms with E-state index < -0.39 is 0 Å². The second-order valence-electron chi connectivity index (χ2n) is 6.82. The number of hydrogen-bond donors (Lipinski definition) is 1.